The highest BCUT2D eigenvalue weighted by molar-refractivity contribution is 5.96. The summed E-state index contributed by atoms with van der Waals surface area (Å²) in [6, 6.07) is 0. The fourth-order valence-corrected chi connectivity index (χ4v) is 8.77. The van der Waals surface area contributed by atoms with Gasteiger partial charge in [-0.3, -0.25) is 9.59 Å². The van der Waals surface area contributed by atoms with Crippen LogP contribution in [0.5, 0.6) is 0 Å². The number of carbonyl (C=O) groups is 3. The van der Waals surface area contributed by atoms with Crippen molar-refractivity contribution in [3.63, 3.8) is 0 Å². The van der Waals surface area contributed by atoms with Gasteiger partial charge in [0.2, 0.25) is 0 Å². The van der Waals surface area contributed by atoms with Gasteiger partial charge in [-0.05, 0) is 81.3 Å². The highest BCUT2D eigenvalue weighted by Crippen LogP contribution is 2.45. The van der Waals surface area contributed by atoms with E-state index >= 15 is 0 Å². The number of ether oxygens (including phenoxy) is 6. The Morgan fingerprint density at radius 2 is 1.62 bits per heavy atom. The lowest BCUT2D eigenvalue weighted by Crippen LogP contribution is -2.53. The standard InChI is InChI=1S/C42H68N2O9/c1-15-32-33(51-40(47)44-17-16-43-22-44)19-24(3)35(45)25(4)20-42(13,14)37(53-39-27(6)23(2)18-26(5)48-39)28(7)36(29(8)38(46)50-32)52-34-21-41(11,12)30(9)31(10)49-34/h16-17,19,22-23,25-34,36-37,39H,15,18,20-21H2,1-14H3/t23-,25+,26+,27+,28-,29+,30-,31-,32+,33-,34?,36-,37+,39?/m0/s1. The summed E-state index contributed by atoms with van der Waals surface area (Å²) in [7, 11) is 0. The number of ketones is 1. The second-order valence-corrected chi connectivity index (χ2v) is 18.0. The molecule has 14 atom stereocenters. The van der Waals surface area contributed by atoms with Gasteiger partial charge in [-0.1, -0.05) is 69.2 Å². The molecular formula is C42H68N2O9. The van der Waals surface area contributed by atoms with Crippen molar-refractivity contribution in [1.82, 2.24) is 9.55 Å². The number of hydrogen-bond donors (Lipinski definition) is 0. The van der Waals surface area contributed by atoms with Gasteiger partial charge < -0.3 is 28.4 Å². The molecule has 0 spiro atoms. The molecule has 0 saturated carbocycles. The van der Waals surface area contributed by atoms with E-state index in [-0.39, 0.29) is 35.2 Å². The number of imidazole rings is 1. The molecule has 2 unspecified atom stereocenters. The first-order valence-corrected chi connectivity index (χ1v) is 19.9. The first kappa shape index (κ1) is 43.1. The monoisotopic (exact) mass is 744 g/mol. The Morgan fingerprint density at radius 1 is 0.943 bits per heavy atom. The van der Waals surface area contributed by atoms with Gasteiger partial charge in [-0.25, -0.2) is 14.3 Å². The van der Waals surface area contributed by atoms with Crippen molar-refractivity contribution in [3.05, 3.63) is 30.4 Å². The quantitative estimate of drug-likeness (QED) is 0.262. The van der Waals surface area contributed by atoms with Gasteiger partial charge in [0.15, 0.2) is 24.5 Å². The van der Waals surface area contributed by atoms with E-state index in [1.54, 1.807) is 13.0 Å². The highest BCUT2D eigenvalue weighted by atomic mass is 16.7. The molecule has 0 bridgehead atoms. The van der Waals surface area contributed by atoms with Crippen LogP contribution in [0.4, 0.5) is 4.79 Å². The minimum atomic E-state index is -1.02. The summed E-state index contributed by atoms with van der Waals surface area (Å²) < 4.78 is 40.4. The van der Waals surface area contributed by atoms with Crippen LogP contribution in [0.2, 0.25) is 0 Å². The maximum Gasteiger partial charge on any atom is 0.419 e. The highest BCUT2D eigenvalue weighted by Gasteiger charge is 2.49. The van der Waals surface area contributed by atoms with Gasteiger partial charge in [0.1, 0.15) is 12.4 Å². The Kier molecular flexibility index (Phi) is 14.2. The molecule has 1 aromatic heterocycles. The van der Waals surface area contributed by atoms with Crippen LogP contribution in [0.1, 0.15) is 123 Å². The summed E-state index contributed by atoms with van der Waals surface area (Å²) in [6.07, 6.45) is 3.48. The van der Waals surface area contributed by atoms with E-state index in [0.29, 0.717) is 36.7 Å². The molecule has 300 valence electrons. The van der Waals surface area contributed by atoms with Crippen molar-refractivity contribution in [3.8, 4) is 0 Å². The number of nitrogens with zero attached hydrogens (tertiary/aromatic N) is 2. The molecule has 2 saturated heterocycles. The molecular weight excluding hydrogens is 676 g/mol. The van der Waals surface area contributed by atoms with Gasteiger partial charge in [0.25, 0.3) is 0 Å². The third-order valence-electron chi connectivity index (χ3n) is 12.7. The first-order valence-electron chi connectivity index (χ1n) is 19.9. The van der Waals surface area contributed by atoms with E-state index in [1.807, 2.05) is 20.8 Å². The largest absolute Gasteiger partial charge is 0.458 e. The van der Waals surface area contributed by atoms with Gasteiger partial charge in [0, 0.05) is 36.6 Å². The Morgan fingerprint density at radius 3 is 2.23 bits per heavy atom. The normalized spacial score (nSPS) is 40.1. The number of aromatic nitrogens is 2. The lowest BCUT2D eigenvalue weighted by Gasteiger charge is -2.49. The average Bonchev–Trinajstić information content (AvgIpc) is 3.62. The van der Waals surface area contributed by atoms with E-state index in [0.717, 1.165) is 6.42 Å². The Hall–Kier alpha value is -2.60. The molecule has 11 nitrogen and oxygen atoms in total. The lowest BCUT2D eigenvalue weighted by molar-refractivity contribution is -0.293. The van der Waals surface area contributed by atoms with E-state index < -0.39 is 66.3 Å². The number of hydrogen-bond acceptors (Lipinski definition) is 10. The summed E-state index contributed by atoms with van der Waals surface area (Å²) in [5.41, 5.74) is -0.218. The fraction of sp³-hybridized carbons (Fsp3) is 0.810. The van der Waals surface area contributed by atoms with Gasteiger partial charge in [-0.15, -0.1) is 0 Å². The minimum absolute atomic E-state index is 0.0283. The molecule has 0 amide bonds. The van der Waals surface area contributed by atoms with Crippen LogP contribution in [-0.4, -0.2) is 76.6 Å². The predicted molar refractivity (Wildman–Crippen MR) is 202 cm³/mol. The van der Waals surface area contributed by atoms with Gasteiger partial charge in [0.05, 0.1) is 30.3 Å². The van der Waals surface area contributed by atoms with Crippen LogP contribution in [0.3, 0.4) is 0 Å². The van der Waals surface area contributed by atoms with Crippen LogP contribution >= 0.6 is 0 Å². The molecule has 0 N–H and O–H groups in total. The zero-order valence-corrected chi connectivity index (χ0v) is 34.8. The molecule has 3 aliphatic heterocycles. The minimum Gasteiger partial charge on any atom is -0.458 e. The Balaban J connectivity index is 1.81. The van der Waals surface area contributed by atoms with Crippen LogP contribution in [0.25, 0.3) is 0 Å². The Bertz CT molecular complexity index is 1420. The SMILES string of the molecule is CC[C@H]1OC(=O)[C@H](C)[C@@H](OC2CC(C)(C)[C@@H](C)[C@H](C)O2)[C@H](C)[C@@H](OC2O[C@H](C)C[C@H](C)[C@H]2C)C(C)(C)C[C@@H](C)C(=O)C(C)=C[C@@H]1OC(=O)n1ccnc1. The van der Waals surface area contributed by atoms with E-state index in [4.69, 9.17) is 28.4 Å². The van der Waals surface area contributed by atoms with Gasteiger partial charge in [-0.2, -0.15) is 0 Å². The zero-order valence-electron chi connectivity index (χ0n) is 34.8. The number of Topliss-reactive ketones (excluding diaryl/α,β-unsaturated/α-hetero) is 1. The van der Waals surface area contributed by atoms with Crippen LogP contribution < -0.4 is 0 Å². The smallest absolute Gasteiger partial charge is 0.419 e. The number of esters is 1. The number of rotatable bonds is 6. The molecule has 2 fully saturated rings. The summed E-state index contributed by atoms with van der Waals surface area (Å²) in [6.45, 7) is 28.8. The Labute approximate surface area is 318 Å². The van der Waals surface area contributed by atoms with Crippen molar-refractivity contribution in [2.24, 2.45) is 46.3 Å². The maximum absolute atomic E-state index is 14.4. The van der Waals surface area contributed by atoms with Crippen LogP contribution in [-0.2, 0) is 38.0 Å². The molecule has 4 rings (SSSR count). The summed E-state index contributed by atoms with van der Waals surface area (Å²) in [4.78, 5) is 45.6. The molecule has 11 heteroatoms. The summed E-state index contributed by atoms with van der Waals surface area (Å²) in [5.74, 6) is -1.30. The second kappa shape index (κ2) is 17.5. The molecule has 0 aromatic carbocycles. The molecule has 0 radical (unpaired) electrons. The van der Waals surface area contributed by atoms with Crippen LogP contribution in [0, 0.1) is 46.3 Å². The maximum atomic E-state index is 14.4. The van der Waals surface area contributed by atoms with E-state index in [9.17, 15) is 14.4 Å². The van der Waals surface area contributed by atoms with Crippen LogP contribution in [0.15, 0.2) is 30.4 Å². The van der Waals surface area contributed by atoms with E-state index in [1.165, 1.54) is 23.3 Å². The number of carbonyl (C=O) groups excluding carboxylic acids is 3. The molecule has 0 aliphatic carbocycles. The van der Waals surface area contributed by atoms with Crippen molar-refractivity contribution in [2.75, 3.05) is 0 Å². The van der Waals surface area contributed by atoms with Crippen molar-refractivity contribution >= 4 is 17.8 Å². The molecule has 1 aromatic rings. The second-order valence-electron chi connectivity index (χ2n) is 18.0. The third-order valence-corrected chi connectivity index (χ3v) is 12.7. The first-order chi connectivity index (χ1) is 24.7. The van der Waals surface area contributed by atoms with Gasteiger partial charge >= 0.3 is 12.1 Å². The number of allylic oxidation sites excluding steroid dienone is 1. The topological polar surface area (TPSA) is 124 Å². The van der Waals surface area contributed by atoms with Crippen molar-refractivity contribution < 1.29 is 42.8 Å². The molecule has 4 heterocycles. The predicted octanol–water partition coefficient (Wildman–Crippen LogP) is 8.39. The fourth-order valence-electron chi connectivity index (χ4n) is 8.77. The van der Waals surface area contributed by atoms with Crippen molar-refractivity contribution in [2.45, 2.75) is 172 Å². The third kappa shape index (κ3) is 10.2. The molecule has 53 heavy (non-hydrogen) atoms. The van der Waals surface area contributed by atoms with E-state index in [2.05, 4.69) is 74.2 Å². The molecule has 3 aliphatic rings. The summed E-state index contributed by atoms with van der Waals surface area (Å²) >= 11 is 0. The zero-order chi connectivity index (χ0) is 39.6. The average molecular weight is 745 g/mol. The summed E-state index contributed by atoms with van der Waals surface area (Å²) in [5, 5.41) is 0. The van der Waals surface area contributed by atoms with Crippen molar-refractivity contribution in [1.29, 1.82) is 0 Å². The lowest BCUT2D eigenvalue weighted by atomic mass is 9.70. The number of cyclic esters (lactones) is 1.